The van der Waals surface area contributed by atoms with E-state index in [0.29, 0.717) is 0 Å². The molecule has 0 saturated heterocycles. The van der Waals surface area contributed by atoms with Gasteiger partial charge in [-0.3, -0.25) is 0 Å². The first-order valence-electron chi connectivity index (χ1n) is 6.33. The summed E-state index contributed by atoms with van der Waals surface area (Å²) >= 11 is 1.97. The van der Waals surface area contributed by atoms with E-state index in [0.717, 1.165) is 5.92 Å². The molecule has 1 heterocycles. The molecule has 84 valence electrons. The topological polar surface area (TPSA) is 0 Å². The van der Waals surface area contributed by atoms with Crippen molar-refractivity contribution in [1.29, 1.82) is 0 Å². The highest BCUT2D eigenvalue weighted by Gasteiger charge is 2.22. The van der Waals surface area contributed by atoms with Gasteiger partial charge < -0.3 is 0 Å². The Kier molecular flexibility index (Phi) is 2.03. The number of hydrogen-bond acceptors (Lipinski definition) is 1. The maximum Gasteiger partial charge on any atom is 0.0390 e. The summed E-state index contributed by atoms with van der Waals surface area (Å²) in [4.78, 5) is 0. The predicted molar refractivity (Wildman–Crippen MR) is 75.9 cm³/mol. The Morgan fingerprint density at radius 1 is 0.882 bits per heavy atom. The van der Waals surface area contributed by atoms with Gasteiger partial charge in [-0.15, -0.1) is 11.3 Å². The van der Waals surface area contributed by atoms with E-state index in [1.54, 1.807) is 5.56 Å². The largest absolute Gasteiger partial charge is 0.135 e. The van der Waals surface area contributed by atoms with Crippen LogP contribution in [-0.2, 0) is 0 Å². The van der Waals surface area contributed by atoms with E-state index in [9.17, 15) is 0 Å². The van der Waals surface area contributed by atoms with Crippen molar-refractivity contribution in [2.24, 2.45) is 0 Å². The molecular formula is C16H14S. The molecule has 0 aliphatic heterocycles. The zero-order valence-electron chi connectivity index (χ0n) is 9.65. The molecule has 1 fully saturated rings. The summed E-state index contributed by atoms with van der Waals surface area (Å²) < 4.78 is 2.95. The highest BCUT2D eigenvalue weighted by Crippen LogP contribution is 2.44. The molecule has 1 aromatic heterocycles. The lowest BCUT2D eigenvalue weighted by Gasteiger charge is -2.26. The second-order valence-corrected chi connectivity index (χ2v) is 6.00. The maximum absolute atomic E-state index is 2.33. The van der Waals surface area contributed by atoms with Crippen molar-refractivity contribution in [3.63, 3.8) is 0 Å². The van der Waals surface area contributed by atoms with E-state index in [1.807, 2.05) is 11.3 Å². The lowest BCUT2D eigenvalue weighted by molar-refractivity contribution is 0.422. The van der Waals surface area contributed by atoms with E-state index in [4.69, 9.17) is 0 Å². The van der Waals surface area contributed by atoms with Crippen molar-refractivity contribution >= 4 is 31.5 Å². The van der Waals surface area contributed by atoms with Crippen molar-refractivity contribution in [3.05, 3.63) is 48.0 Å². The molecule has 1 saturated carbocycles. The van der Waals surface area contributed by atoms with Crippen LogP contribution in [0, 0.1) is 0 Å². The van der Waals surface area contributed by atoms with Crippen molar-refractivity contribution in [1.82, 2.24) is 0 Å². The number of fused-ring (bicyclic) bond motifs is 3. The SMILES string of the molecule is c1ccc2c(c1)sc1c(C3CCC3)cccc12. The molecule has 0 amide bonds. The molecule has 0 unspecified atom stereocenters. The third-order valence-electron chi connectivity index (χ3n) is 3.98. The van der Waals surface area contributed by atoms with Gasteiger partial charge in [0.2, 0.25) is 0 Å². The Hall–Kier alpha value is -1.34. The van der Waals surface area contributed by atoms with E-state index < -0.39 is 0 Å². The quantitative estimate of drug-likeness (QED) is 0.538. The summed E-state index contributed by atoms with van der Waals surface area (Å²) in [6.45, 7) is 0. The molecule has 0 radical (unpaired) electrons. The molecule has 17 heavy (non-hydrogen) atoms. The second-order valence-electron chi connectivity index (χ2n) is 4.95. The minimum absolute atomic E-state index is 0.826. The van der Waals surface area contributed by atoms with Crippen molar-refractivity contribution < 1.29 is 0 Å². The van der Waals surface area contributed by atoms with Crippen LogP contribution in [0.2, 0.25) is 0 Å². The number of thiophene rings is 1. The minimum Gasteiger partial charge on any atom is -0.135 e. The lowest BCUT2D eigenvalue weighted by Crippen LogP contribution is -2.08. The molecule has 3 aromatic rings. The molecule has 0 atom stereocenters. The van der Waals surface area contributed by atoms with Crippen LogP contribution in [-0.4, -0.2) is 0 Å². The molecule has 0 spiro atoms. The van der Waals surface area contributed by atoms with E-state index in [2.05, 4.69) is 42.5 Å². The Balaban J connectivity index is 2.08. The van der Waals surface area contributed by atoms with Crippen LogP contribution in [0.25, 0.3) is 20.2 Å². The van der Waals surface area contributed by atoms with Gasteiger partial charge in [0.25, 0.3) is 0 Å². The molecule has 1 aliphatic rings. The monoisotopic (exact) mass is 238 g/mol. The van der Waals surface area contributed by atoms with Crippen LogP contribution in [0.1, 0.15) is 30.7 Å². The van der Waals surface area contributed by atoms with Gasteiger partial charge in [0.15, 0.2) is 0 Å². The van der Waals surface area contributed by atoms with Crippen LogP contribution < -0.4 is 0 Å². The Bertz CT molecular complexity index is 689. The highest BCUT2D eigenvalue weighted by atomic mass is 32.1. The lowest BCUT2D eigenvalue weighted by atomic mass is 9.80. The van der Waals surface area contributed by atoms with Crippen LogP contribution in [0.15, 0.2) is 42.5 Å². The second kappa shape index (κ2) is 3.58. The zero-order chi connectivity index (χ0) is 11.2. The molecule has 4 rings (SSSR count). The summed E-state index contributed by atoms with van der Waals surface area (Å²) in [5, 5.41) is 2.88. The summed E-state index contributed by atoms with van der Waals surface area (Å²) in [6.07, 6.45) is 4.17. The Labute approximate surface area is 105 Å². The molecule has 1 heteroatoms. The fourth-order valence-electron chi connectivity index (χ4n) is 2.81. The average molecular weight is 238 g/mol. The average Bonchev–Trinajstić information content (AvgIpc) is 2.67. The van der Waals surface area contributed by atoms with Gasteiger partial charge in [0.05, 0.1) is 0 Å². The summed E-state index contributed by atoms with van der Waals surface area (Å²) in [7, 11) is 0. The third-order valence-corrected chi connectivity index (χ3v) is 5.22. The third kappa shape index (κ3) is 1.35. The fraction of sp³-hybridized carbons (Fsp3) is 0.250. The zero-order valence-corrected chi connectivity index (χ0v) is 10.5. The minimum atomic E-state index is 0.826. The number of benzene rings is 2. The van der Waals surface area contributed by atoms with Crippen LogP contribution in [0.3, 0.4) is 0 Å². The molecule has 0 nitrogen and oxygen atoms in total. The van der Waals surface area contributed by atoms with Crippen LogP contribution >= 0.6 is 11.3 Å². The standard InChI is InChI=1S/C16H14S/c1-2-10-15-13(7-1)14-9-4-8-12(16(14)17-15)11-5-3-6-11/h1-2,4,7-11H,3,5-6H2. The van der Waals surface area contributed by atoms with Crippen molar-refractivity contribution in [3.8, 4) is 0 Å². The van der Waals surface area contributed by atoms with E-state index >= 15 is 0 Å². The molecule has 2 aromatic carbocycles. The summed E-state index contributed by atoms with van der Waals surface area (Å²) in [5.74, 6) is 0.826. The van der Waals surface area contributed by atoms with Gasteiger partial charge in [-0.2, -0.15) is 0 Å². The first-order chi connectivity index (χ1) is 8.43. The Morgan fingerprint density at radius 3 is 2.53 bits per heavy atom. The van der Waals surface area contributed by atoms with Gasteiger partial charge in [0, 0.05) is 20.2 Å². The smallest absolute Gasteiger partial charge is 0.0390 e. The predicted octanol–water partition coefficient (Wildman–Crippen LogP) is 5.32. The van der Waals surface area contributed by atoms with Gasteiger partial charge in [0.1, 0.15) is 0 Å². The number of hydrogen-bond donors (Lipinski definition) is 0. The Morgan fingerprint density at radius 2 is 1.71 bits per heavy atom. The van der Waals surface area contributed by atoms with Gasteiger partial charge in [-0.1, -0.05) is 42.8 Å². The normalized spacial score (nSPS) is 16.5. The van der Waals surface area contributed by atoms with Gasteiger partial charge in [-0.25, -0.2) is 0 Å². The fourth-order valence-corrected chi connectivity index (χ4v) is 4.10. The van der Waals surface area contributed by atoms with E-state index in [-0.39, 0.29) is 0 Å². The van der Waals surface area contributed by atoms with Gasteiger partial charge >= 0.3 is 0 Å². The first-order valence-corrected chi connectivity index (χ1v) is 7.15. The first kappa shape index (κ1) is 9.67. The molecule has 1 aliphatic carbocycles. The van der Waals surface area contributed by atoms with Crippen LogP contribution in [0.4, 0.5) is 0 Å². The summed E-state index contributed by atoms with van der Waals surface area (Å²) in [5.41, 5.74) is 1.59. The maximum atomic E-state index is 2.33. The van der Waals surface area contributed by atoms with Crippen LogP contribution in [0.5, 0.6) is 0 Å². The van der Waals surface area contributed by atoms with E-state index in [1.165, 1.54) is 39.4 Å². The number of rotatable bonds is 1. The summed E-state index contributed by atoms with van der Waals surface area (Å²) in [6, 6.07) is 15.6. The van der Waals surface area contributed by atoms with Crippen molar-refractivity contribution in [2.45, 2.75) is 25.2 Å². The van der Waals surface area contributed by atoms with Crippen molar-refractivity contribution in [2.75, 3.05) is 0 Å². The molecular weight excluding hydrogens is 224 g/mol. The molecule has 0 bridgehead atoms. The van der Waals surface area contributed by atoms with Gasteiger partial charge in [-0.05, 0) is 30.4 Å². The molecule has 0 N–H and O–H groups in total. The highest BCUT2D eigenvalue weighted by molar-refractivity contribution is 7.26.